The zero-order chi connectivity index (χ0) is 12.3. The Morgan fingerprint density at radius 3 is 2.59 bits per heavy atom. The zero-order valence-electron chi connectivity index (χ0n) is 10.1. The Hall–Kier alpha value is -1.35. The summed E-state index contributed by atoms with van der Waals surface area (Å²) in [6.07, 6.45) is 4.60. The van der Waals surface area contributed by atoms with Crippen molar-refractivity contribution in [2.75, 3.05) is 0 Å². The van der Waals surface area contributed by atoms with Crippen molar-refractivity contribution in [3.05, 3.63) is 35.4 Å². The first-order chi connectivity index (χ1) is 8.18. The van der Waals surface area contributed by atoms with E-state index < -0.39 is 12.0 Å². The van der Waals surface area contributed by atoms with Gasteiger partial charge in [0.05, 0.1) is 0 Å². The van der Waals surface area contributed by atoms with Crippen LogP contribution < -0.4 is 5.32 Å². The van der Waals surface area contributed by atoms with E-state index >= 15 is 0 Å². The number of carboxylic acids is 1. The molecule has 0 saturated heterocycles. The van der Waals surface area contributed by atoms with E-state index in [2.05, 4.69) is 5.32 Å². The Morgan fingerprint density at radius 1 is 1.35 bits per heavy atom. The van der Waals surface area contributed by atoms with Crippen molar-refractivity contribution in [3.8, 4) is 0 Å². The summed E-state index contributed by atoms with van der Waals surface area (Å²) in [5.41, 5.74) is 1.91. The summed E-state index contributed by atoms with van der Waals surface area (Å²) in [5.74, 6) is -0.786. The van der Waals surface area contributed by atoms with Crippen LogP contribution in [0.5, 0.6) is 0 Å². The van der Waals surface area contributed by atoms with Crippen LogP contribution in [0.2, 0.25) is 0 Å². The molecule has 1 aliphatic rings. The second-order valence-corrected chi connectivity index (χ2v) is 4.78. The van der Waals surface area contributed by atoms with E-state index in [0.717, 1.165) is 24.0 Å². The van der Waals surface area contributed by atoms with Crippen molar-refractivity contribution in [1.82, 2.24) is 5.32 Å². The maximum absolute atomic E-state index is 11.4. The predicted molar refractivity (Wildman–Crippen MR) is 66.9 cm³/mol. The molecule has 1 aromatic carbocycles. The van der Waals surface area contributed by atoms with Crippen molar-refractivity contribution in [2.45, 2.75) is 44.7 Å². The maximum atomic E-state index is 11.4. The molecule has 2 N–H and O–H groups in total. The van der Waals surface area contributed by atoms with Crippen LogP contribution in [0, 0.1) is 6.92 Å². The quantitative estimate of drug-likeness (QED) is 0.840. The summed E-state index contributed by atoms with van der Waals surface area (Å²) in [6, 6.07) is 7.48. The van der Waals surface area contributed by atoms with Gasteiger partial charge in [-0.2, -0.15) is 0 Å². The third kappa shape index (κ3) is 2.86. The molecule has 1 unspecified atom stereocenters. The first-order valence-corrected chi connectivity index (χ1v) is 6.23. The van der Waals surface area contributed by atoms with Gasteiger partial charge in [0.2, 0.25) is 0 Å². The number of carbonyl (C=O) groups is 1. The molecule has 0 heterocycles. The number of nitrogens with one attached hydrogen (secondary N) is 1. The fraction of sp³-hybridized carbons (Fsp3) is 0.500. The van der Waals surface area contributed by atoms with Crippen LogP contribution in [0.15, 0.2) is 24.3 Å². The lowest BCUT2D eigenvalue weighted by Crippen LogP contribution is -2.35. The molecule has 92 valence electrons. The third-order valence-corrected chi connectivity index (χ3v) is 3.50. The minimum atomic E-state index is -0.786. The van der Waals surface area contributed by atoms with Gasteiger partial charge in [0.15, 0.2) is 0 Å². The molecule has 0 bridgehead atoms. The van der Waals surface area contributed by atoms with E-state index in [9.17, 15) is 9.90 Å². The Morgan fingerprint density at radius 2 is 2.00 bits per heavy atom. The highest BCUT2D eigenvalue weighted by Gasteiger charge is 2.25. The molecule has 1 saturated carbocycles. The van der Waals surface area contributed by atoms with Crippen molar-refractivity contribution in [3.63, 3.8) is 0 Å². The normalized spacial score (nSPS) is 18.2. The number of rotatable bonds is 4. The highest BCUT2D eigenvalue weighted by molar-refractivity contribution is 5.76. The van der Waals surface area contributed by atoms with Crippen LogP contribution in [-0.2, 0) is 4.79 Å². The summed E-state index contributed by atoms with van der Waals surface area (Å²) < 4.78 is 0. The van der Waals surface area contributed by atoms with Gasteiger partial charge in [0, 0.05) is 6.04 Å². The summed E-state index contributed by atoms with van der Waals surface area (Å²) >= 11 is 0. The molecule has 0 aliphatic heterocycles. The lowest BCUT2D eigenvalue weighted by molar-refractivity contribution is -0.139. The number of aryl methyl sites for hydroxylation is 1. The van der Waals surface area contributed by atoms with E-state index in [1.54, 1.807) is 0 Å². The van der Waals surface area contributed by atoms with Gasteiger partial charge < -0.3 is 5.11 Å². The number of hydrogen-bond donors (Lipinski definition) is 2. The van der Waals surface area contributed by atoms with Crippen LogP contribution in [0.4, 0.5) is 0 Å². The number of aliphatic carboxylic acids is 1. The highest BCUT2D eigenvalue weighted by atomic mass is 16.4. The Bertz CT molecular complexity index is 397. The van der Waals surface area contributed by atoms with Gasteiger partial charge in [0.1, 0.15) is 6.04 Å². The molecule has 0 aromatic heterocycles. The maximum Gasteiger partial charge on any atom is 0.325 e. The lowest BCUT2D eigenvalue weighted by atomic mass is 10.0. The molecular formula is C14H19NO2. The van der Waals surface area contributed by atoms with E-state index in [1.807, 2.05) is 31.2 Å². The van der Waals surface area contributed by atoms with Crippen LogP contribution in [0.1, 0.15) is 42.9 Å². The molecule has 0 spiro atoms. The zero-order valence-corrected chi connectivity index (χ0v) is 10.1. The minimum Gasteiger partial charge on any atom is -0.480 e. The number of benzene rings is 1. The average Bonchev–Trinajstić information content (AvgIpc) is 2.79. The van der Waals surface area contributed by atoms with E-state index in [0.29, 0.717) is 6.04 Å². The van der Waals surface area contributed by atoms with Crippen LogP contribution in [0.3, 0.4) is 0 Å². The Kier molecular flexibility index (Phi) is 3.79. The second-order valence-electron chi connectivity index (χ2n) is 4.78. The molecular weight excluding hydrogens is 214 g/mol. The van der Waals surface area contributed by atoms with Crippen molar-refractivity contribution < 1.29 is 9.90 Å². The van der Waals surface area contributed by atoms with Gasteiger partial charge in [-0.15, -0.1) is 0 Å². The number of carboxylic acid groups (broad SMARTS) is 1. The monoisotopic (exact) mass is 233 g/mol. The fourth-order valence-electron chi connectivity index (χ4n) is 2.53. The highest BCUT2D eigenvalue weighted by Crippen LogP contribution is 2.24. The average molecular weight is 233 g/mol. The molecule has 3 heteroatoms. The van der Waals surface area contributed by atoms with Gasteiger partial charge in [0.25, 0.3) is 0 Å². The first-order valence-electron chi connectivity index (χ1n) is 6.23. The third-order valence-electron chi connectivity index (χ3n) is 3.50. The molecule has 0 amide bonds. The molecule has 2 rings (SSSR count). The van der Waals surface area contributed by atoms with E-state index in [4.69, 9.17) is 0 Å². The van der Waals surface area contributed by atoms with Crippen molar-refractivity contribution in [1.29, 1.82) is 0 Å². The molecule has 1 aliphatic carbocycles. The van der Waals surface area contributed by atoms with Crippen molar-refractivity contribution in [2.24, 2.45) is 0 Å². The van der Waals surface area contributed by atoms with Gasteiger partial charge in [-0.3, -0.25) is 10.1 Å². The Labute approximate surface area is 102 Å². The minimum absolute atomic E-state index is 0.357. The Balaban J connectivity index is 2.17. The first kappa shape index (κ1) is 12.1. The largest absolute Gasteiger partial charge is 0.480 e. The lowest BCUT2D eigenvalue weighted by Gasteiger charge is -2.21. The molecule has 17 heavy (non-hydrogen) atoms. The number of hydrogen-bond acceptors (Lipinski definition) is 2. The van der Waals surface area contributed by atoms with Crippen LogP contribution in [-0.4, -0.2) is 17.1 Å². The summed E-state index contributed by atoms with van der Waals surface area (Å²) in [4.78, 5) is 11.4. The predicted octanol–water partition coefficient (Wildman–Crippen LogP) is 2.65. The van der Waals surface area contributed by atoms with Crippen LogP contribution in [0.25, 0.3) is 0 Å². The molecule has 1 fully saturated rings. The SMILES string of the molecule is Cc1ccccc1C(NC1CCCC1)C(=O)O. The summed E-state index contributed by atoms with van der Waals surface area (Å²) in [7, 11) is 0. The van der Waals surface area contributed by atoms with E-state index in [-0.39, 0.29) is 0 Å². The van der Waals surface area contributed by atoms with Gasteiger partial charge >= 0.3 is 5.97 Å². The second kappa shape index (κ2) is 5.32. The van der Waals surface area contributed by atoms with Gasteiger partial charge in [-0.25, -0.2) is 0 Å². The molecule has 1 aromatic rings. The smallest absolute Gasteiger partial charge is 0.325 e. The summed E-state index contributed by atoms with van der Waals surface area (Å²) in [5, 5.41) is 12.6. The molecule has 1 atom stereocenters. The van der Waals surface area contributed by atoms with E-state index in [1.165, 1.54) is 12.8 Å². The van der Waals surface area contributed by atoms with Crippen molar-refractivity contribution >= 4 is 5.97 Å². The topological polar surface area (TPSA) is 49.3 Å². The van der Waals surface area contributed by atoms with Crippen LogP contribution >= 0.6 is 0 Å². The summed E-state index contributed by atoms with van der Waals surface area (Å²) in [6.45, 7) is 1.96. The van der Waals surface area contributed by atoms with Gasteiger partial charge in [-0.1, -0.05) is 37.1 Å². The molecule has 3 nitrogen and oxygen atoms in total. The van der Waals surface area contributed by atoms with Gasteiger partial charge in [-0.05, 0) is 30.9 Å². The fourth-order valence-corrected chi connectivity index (χ4v) is 2.53. The standard InChI is InChI=1S/C14H19NO2/c1-10-6-2-5-9-12(10)13(14(16)17)15-11-7-3-4-8-11/h2,5-6,9,11,13,15H,3-4,7-8H2,1H3,(H,16,17). The molecule has 0 radical (unpaired) electrons.